The minimum atomic E-state index is -3.96. The van der Waals surface area contributed by atoms with Gasteiger partial charge in [0.1, 0.15) is 16.5 Å². The van der Waals surface area contributed by atoms with Crippen LogP contribution < -0.4 is 4.72 Å². The van der Waals surface area contributed by atoms with Crippen LogP contribution in [-0.2, 0) is 10.0 Å². The zero-order valence-corrected chi connectivity index (χ0v) is 11.4. The van der Waals surface area contributed by atoms with Crippen molar-refractivity contribution in [1.29, 1.82) is 0 Å². The Hall–Kier alpha value is -0.720. The maximum atomic E-state index is 13.3. The highest BCUT2D eigenvalue weighted by atomic mass is 35.5. The molecule has 0 saturated carbocycles. The van der Waals surface area contributed by atoms with Gasteiger partial charge in [0, 0.05) is 18.5 Å². The van der Waals surface area contributed by atoms with Crippen LogP contribution in [0.3, 0.4) is 0 Å². The molecule has 1 rings (SSSR count). The van der Waals surface area contributed by atoms with Crippen LogP contribution in [0.15, 0.2) is 23.1 Å². The molecule has 0 aliphatic rings. The van der Waals surface area contributed by atoms with E-state index in [1.54, 1.807) is 0 Å². The molecule has 0 amide bonds. The van der Waals surface area contributed by atoms with Gasteiger partial charge in [0.2, 0.25) is 10.0 Å². The highest BCUT2D eigenvalue weighted by molar-refractivity contribution is 7.89. The van der Waals surface area contributed by atoms with Crippen molar-refractivity contribution in [2.45, 2.75) is 18.2 Å². The van der Waals surface area contributed by atoms with Gasteiger partial charge in [0.25, 0.3) is 0 Å². The molecule has 1 aromatic carbocycles. The lowest BCUT2D eigenvalue weighted by Crippen LogP contribution is -2.29. The van der Waals surface area contributed by atoms with Crippen molar-refractivity contribution in [2.75, 3.05) is 12.4 Å². The van der Waals surface area contributed by atoms with Gasteiger partial charge in [0.05, 0.1) is 0 Å². The van der Waals surface area contributed by atoms with Crippen LogP contribution in [0.1, 0.15) is 13.3 Å². The van der Waals surface area contributed by atoms with E-state index in [0.717, 1.165) is 12.1 Å². The van der Waals surface area contributed by atoms with Gasteiger partial charge in [-0.3, -0.25) is 0 Å². The number of hydrogen-bond acceptors (Lipinski definition) is 2. The Bertz CT molecular complexity index is 508. The fourth-order valence-electron chi connectivity index (χ4n) is 1.31. The van der Waals surface area contributed by atoms with E-state index in [1.165, 1.54) is 0 Å². The summed E-state index contributed by atoms with van der Waals surface area (Å²) in [6, 6.07) is 2.34. The van der Waals surface area contributed by atoms with E-state index < -0.39 is 26.6 Å². The summed E-state index contributed by atoms with van der Waals surface area (Å²) in [5.41, 5.74) is 0. The summed E-state index contributed by atoms with van der Waals surface area (Å²) in [5, 5.41) is 0. The third kappa shape index (κ3) is 4.19. The molecule has 0 heterocycles. The average Bonchev–Trinajstić information content (AvgIpc) is 2.26. The molecular weight excluding hydrogens is 284 g/mol. The molecular formula is C11H14ClF2NO2S. The number of hydrogen-bond donors (Lipinski definition) is 1. The predicted molar refractivity (Wildman–Crippen MR) is 66.0 cm³/mol. The summed E-state index contributed by atoms with van der Waals surface area (Å²) in [6.07, 6.45) is 0.649. The lowest BCUT2D eigenvalue weighted by molar-refractivity contribution is 0.519. The molecule has 0 bridgehead atoms. The molecule has 0 aliphatic carbocycles. The minimum Gasteiger partial charge on any atom is -0.211 e. The van der Waals surface area contributed by atoms with Gasteiger partial charge < -0.3 is 0 Å². The molecule has 18 heavy (non-hydrogen) atoms. The van der Waals surface area contributed by atoms with Crippen LogP contribution in [0.4, 0.5) is 8.78 Å². The van der Waals surface area contributed by atoms with Crippen molar-refractivity contribution >= 4 is 21.6 Å². The predicted octanol–water partition coefficient (Wildman–Crippen LogP) is 2.51. The first-order valence-electron chi connectivity index (χ1n) is 5.37. The van der Waals surface area contributed by atoms with Crippen LogP contribution in [-0.4, -0.2) is 20.8 Å². The van der Waals surface area contributed by atoms with Gasteiger partial charge in [-0.1, -0.05) is 6.92 Å². The van der Waals surface area contributed by atoms with Gasteiger partial charge >= 0.3 is 0 Å². The summed E-state index contributed by atoms with van der Waals surface area (Å²) in [4.78, 5) is -0.554. The minimum absolute atomic E-state index is 0.0424. The van der Waals surface area contributed by atoms with Crippen molar-refractivity contribution in [2.24, 2.45) is 5.92 Å². The summed E-state index contributed by atoms with van der Waals surface area (Å²) in [6.45, 7) is 1.98. The molecule has 0 spiro atoms. The maximum absolute atomic E-state index is 13.3. The smallest absolute Gasteiger partial charge is 0.211 e. The summed E-state index contributed by atoms with van der Waals surface area (Å²) in [5.74, 6) is -1.45. The van der Waals surface area contributed by atoms with E-state index in [1.807, 2.05) is 6.92 Å². The Morgan fingerprint density at radius 1 is 1.39 bits per heavy atom. The first-order valence-corrected chi connectivity index (χ1v) is 7.39. The molecule has 0 aromatic heterocycles. The van der Waals surface area contributed by atoms with Crippen LogP contribution in [0.25, 0.3) is 0 Å². The first-order chi connectivity index (χ1) is 8.36. The highest BCUT2D eigenvalue weighted by Gasteiger charge is 2.19. The van der Waals surface area contributed by atoms with Crippen LogP contribution in [0.5, 0.6) is 0 Å². The number of halogens is 3. The Morgan fingerprint density at radius 3 is 2.61 bits per heavy atom. The van der Waals surface area contributed by atoms with Crippen molar-refractivity contribution in [3.8, 4) is 0 Å². The second kappa shape index (κ2) is 6.45. The number of benzene rings is 1. The van der Waals surface area contributed by atoms with E-state index in [4.69, 9.17) is 11.6 Å². The lowest BCUT2D eigenvalue weighted by atomic mass is 10.1. The van der Waals surface area contributed by atoms with E-state index in [0.29, 0.717) is 18.4 Å². The SMILES string of the molecule is CC(CCCl)CNS(=O)(=O)c1ccc(F)cc1F. The van der Waals surface area contributed by atoms with E-state index in [-0.39, 0.29) is 12.5 Å². The fourth-order valence-corrected chi connectivity index (χ4v) is 2.91. The van der Waals surface area contributed by atoms with Gasteiger partial charge in [0.15, 0.2) is 0 Å². The topological polar surface area (TPSA) is 46.2 Å². The Labute approximate surface area is 110 Å². The van der Waals surface area contributed by atoms with Gasteiger partial charge in [-0.05, 0) is 24.5 Å². The normalized spacial score (nSPS) is 13.6. The zero-order valence-electron chi connectivity index (χ0n) is 9.79. The molecule has 3 nitrogen and oxygen atoms in total. The van der Waals surface area contributed by atoms with Crippen molar-refractivity contribution in [3.63, 3.8) is 0 Å². The Morgan fingerprint density at radius 2 is 2.06 bits per heavy atom. The zero-order chi connectivity index (χ0) is 13.8. The number of sulfonamides is 1. The Balaban J connectivity index is 2.80. The standard InChI is InChI=1S/C11H14ClF2NO2S/c1-8(4-5-12)7-15-18(16,17)11-3-2-9(13)6-10(11)14/h2-3,6,8,15H,4-5,7H2,1H3. The average molecular weight is 298 g/mol. The molecule has 0 aliphatic heterocycles. The maximum Gasteiger partial charge on any atom is 0.243 e. The molecule has 1 atom stereocenters. The summed E-state index contributed by atoms with van der Waals surface area (Å²) >= 11 is 5.53. The summed E-state index contributed by atoms with van der Waals surface area (Å²) < 4.78 is 51.8. The number of rotatable bonds is 6. The third-order valence-electron chi connectivity index (χ3n) is 2.41. The van der Waals surface area contributed by atoms with E-state index >= 15 is 0 Å². The molecule has 0 fully saturated rings. The van der Waals surface area contributed by atoms with Crippen LogP contribution in [0.2, 0.25) is 0 Å². The Kier molecular flexibility index (Phi) is 5.49. The number of alkyl halides is 1. The molecule has 1 N–H and O–H groups in total. The third-order valence-corrected chi connectivity index (χ3v) is 4.08. The molecule has 7 heteroatoms. The molecule has 102 valence electrons. The highest BCUT2D eigenvalue weighted by Crippen LogP contribution is 2.15. The van der Waals surface area contributed by atoms with E-state index in [9.17, 15) is 17.2 Å². The second-order valence-corrected chi connectivity index (χ2v) is 6.12. The van der Waals surface area contributed by atoms with Crippen LogP contribution >= 0.6 is 11.6 Å². The van der Waals surface area contributed by atoms with Crippen molar-refractivity contribution in [1.82, 2.24) is 4.72 Å². The van der Waals surface area contributed by atoms with Crippen LogP contribution in [0, 0.1) is 17.6 Å². The lowest BCUT2D eigenvalue weighted by Gasteiger charge is -2.12. The van der Waals surface area contributed by atoms with E-state index in [2.05, 4.69) is 4.72 Å². The van der Waals surface area contributed by atoms with Gasteiger partial charge in [-0.2, -0.15) is 0 Å². The molecule has 1 unspecified atom stereocenters. The first kappa shape index (κ1) is 15.3. The van der Waals surface area contributed by atoms with Gasteiger partial charge in [-0.15, -0.1) is 11.6 Å². The second-order valence-electron chi connectivity index (χ2n) is 4.01. The quantitative estimate of drug-likeness (QED) is 0.820. The monoisotopic (exact) mass is 297 g/mol. The fraction of sp³-hybridized carbons (Fsp3) is 0.455. The molecule has 0 radical (unpaired) electrons. The molecule has 1 aromatic rings. The summed E-state index contributed by atoms with van der Waals surface area (Å²) in [7, 11) is -3.96. The van der Waals surface area contributed by atoms with Gasteiger partial charge in [-0.25, -0.2) is 21.9 Å². The molecule has 0 saturated heterocycles. The van der Waals surface area contributed by atoms with Crippen molar-refractivity contribution in [3.05, 3.63) is 29.8 Å². The largest absolute Gasteiger partial charge is 0.243 e. The number of nitrogens with one attached hydrogen (secondary N) is 1. The van der Waals surface area contributed by atoms with Crippen molar-refractivity contribution < 1.29 is 17.2 Å².